The highest BCUT2D eigenvalue weighted by Crippen LogP contribution is 2.28. The molecule has 0 saturated carbocycles. The molecular weight excluding hydrogens is 330 g/mol. The van der Waals surface area contributed by atoms with Crippen LogP contribution in [0.2, 0.25) is 0 Å². The third kappa shape index (κ3) is 11.8. The van der Waals surface area contributed by atoms with E-state index < -0.39 is 11.9 Å². The molecule has 0 heterocycles. The first-order chi connectivity index (χ1) is 11.9. The van der Waals surface area contributed by atoms with Gasteiger partial charge in [-0.25, -0.2) is 19.4 Å². The van der Waals surface area contributed by atoms with Crippen molar-refractivity contribution in [2.45, 2.75) is 20.3 Å². The van der Waals surface area contributed by atoms with Crippen molar-refractivity contribution >= 4 is 11.9 Å². The van der Waals surface area contributed by atoms with Crippen molar-refractivity contribution in [3.05, 3.63) is 23.8 Å². The molecule has 0 aliphatic heterocycles. The predicted molar refractivity (Wildman–Crippen MR) is 91.5 cm³/mol. The summed E-state index contributed by atoms with van der Waals surface area (Å²) in [6, 6.07) is 6.01. The molecule has 0 fully saturated rings. The molecule has 1 aromatic rings. The van der Waals surface area contributed by atoms with E-state index in [0.717, 1.165) is 38.3 Å². The van der Waals surface area contributed by atoms with Gasteiger partial charge in [0.2, 0.25) is 0 Å². The van der Waals surface area contributed by atoms with Gasteiger partial charge in [0.25, 0.3) is 0 Å². The molecule has 0 aromatic heterocycles. The molecule has 1 aromatic carbocycles. The zero-order valence-electron chi connectivity index (χ0n) is 15.4. The number of carbonyl (C=O) groups excluding carboxylic acids is 2. The smallest absolute Gasteiger partial charge is 0.352 e. The van der Waals surface area contributed by atoms with E-state index in [9.17, 15) is 9.59 Å². The van der Waals surface area contributed by atoms with Crippen LogP contribution < -0.4 is 14.8 Å². The Labute approximate surface area is 148 Å². The number of ether oxygens (including phenoxy) is 3. The summed E-state index contributed by atoms with van der Waals surface area (Å²) in [5.74, 6) is 0.257. The summed E-state index contributed by atoms with van der Waals surface area (Å²) in [7, 11) is 5.25. The first kappa shape index (κ1) is 22.7. The van der Waals surface area contributed by atoms with Crippen molar-refractivity contribution in [2.75, 3.05) is 41.0 Å². The molecule has 0 aliphatic carbocycles. The quantitative estimate of drug-likeness (QED) is 0.425. The van der Waals surface area contributed by atoms with E-state index >= 15 is 0 Å². The zero-order chi connectivity index (χ0) is 19.1. The number of hydrogen-bond donors (Lipinski definition) is 1. The summed E-state index contributed by atoms with van der Waals surface area (Å²) in [5.41, 5.74) is 1.23. The normalized spacial score (nSPS) is 9.48. The molecule has 0 unspecified atom stereocenters. The fourth-order valence-electron chi connectivity index (χ4n) is 1.61. The molecule has 1 rings (SSSR count). The Hall–Kier alpha value is -2.32. The molecule has 0 spiro atoms. The van der Waals surface area contributed by atoms with Gasteiger partial charge < -0.3 is 19.5 Å². The van der Waals surface area contributed by atoms with Crippen LogP contribution in [0.25, 0.3) is 0 Å². The van der Waals surface area contributed by atoms with Crippen molar-refractivity contribution in [1.29, 1.82) is 0 Å². The van der Waals surface area contributed by atoms with Crippen LogP contribution in [0.4, 0.5) is 0 Å². The van der Waals surface area contributed by atoms with Crippen molar-refractivity contribution in [3.63, 3.8) is 0 Å². The zero-order valence-corrected chi connectivity index (χ0v) is 15.4. The number of methoxy groups -OCH3 is 2. The van der Waals surface area contributed by atoms with E-state index in [4.69, 9.17) is 14.2 Å². The van der Waals surface area contributed by atoms with Gasteiger partial charge in [0.05, 0.1) is 13.7 Å². The number of benzene rings is 1. The molecule has 1 N–H and O–H groups in total. The lowest BCUT2D eigenvalue weighted by molar-refractivity contribution is -0.255. The summed E-state index contributed by atoms with van der Waals surface area (Å²) < 4.78 is 15.8. The van der Waals surface area contributed by atoms with Gasteiger partial charge in [-0.05, 0) is 37.7 Å². The van der Waals surface area contributed by atoms with Gasteiger partial charge in [0, 0.05) is 21.0 Å². The van der Waals surface area contributed by atoms with Gasteiger partial charge >= 0.3 is 11.9 Å². The molecule has 0 saturated heterocycles. The first-order valence-corrected chi connectivity index (χ1v) is 7.73. The highest BCUT2D eigenvalue weighted by molar-refractivity contribution is 5.69. The number of carbonyl (C=O) groups is 2. The van der Waals surface area contributed by atoms with Gasteiger partial charge in [-0.2, -0.15) is 0 Å². The second kappa shape index (κ2) is 14.1. The summed E-state index contributed by atoms with van der Waals surface area (Å²) in [6.07, 6.45) is 0.977. The van der Waals surface area contributed by atoms with E-state index in [2.05, 4.69) is 21.2 Å². The molecule has 8 nitrogen and oxygen atoms in total. The molecule has 0 atom stereocenters. The Morgan fingerprint density at radius 1 is 1.00 bits per heavy atom. The van der Waals surface area contributed by atoms with Crippen LogP contribution in [-0.2, 0) is 30.5 Å². The minimum absolute atomic E-state index is 0.530. The lowest BCUT2D eigenvalue weighted by atomic mass is 10.1. The van der Waals surface area contributed by atoms with Crippen molar-refractivity contribution < 1.29 is 33.6 Å². The molecular formula is C17H27NO7. The number of nitrogens with one attached hydrogen (secondary N) is 1. The van der Waals surface area contributed by atoms with Crippen LogP contribution >= 0.6 is 0 Å². The molecule has 8 heteroatoms. The van der Waals surface area contributed by atoms with Crippen LogP contribution in [0.15, 0.2) is 18.2 Å². The summed E-state index contributed by atoms with van der Waals surface area (Å²) in [6.45, 7) is 4.34. The fraction of sp³-hybridized carbons (Fsp3) is 0.529. The standard InChI is InChI=1S/C13H21NO3.C4H6O4/c1-14-7-6-11-4-5-12(13(10-11)16-3)17-9-8-15-2;1-3(5)7-8-4(2)6/h4-5,10,14H,6-9H2,1-3H3;1-2H3. The van der Waals surface area contributed by atoms with Crippen molar-refractivity contribution in [1.82, 2.24) is 5.32 Å². The molecule has 0 radical (unpaired) electrons. The van der Waals surface area contributed by atoms with Crippen LogP contribution in [0, 0.1) is 0 Å². The summed E-state index contributed by atoms with van der Waals surface area (Å²) in [5, 5.41) is 3.12. The second-order valence-corrected chi connectivity index (χ2v) is 4.83. The van der Waals surface area contributed by atoms with E-state index in [1.807, 2.05) is 19.2 Å². The number of hydrogen-bond acceptors (Lipinski definition) is 8. The summed E-state index contributed by atoms with van der Waals surface area (Å²) >= 11 is 0. The SMILES string of the molecule is CC(=O)OOC(C)=O.CNCCc1ccc(OCCOC)c(OC)c1. The minimum Gasteiger partial charge on any atom is -0.493 e. The van der Waals surface area contributed by atoms with Crippen molar-refractivity contribution in [2.24, 2.45) is 0 Å². The van der Waals surface area contributed by atoms with Gasteiger partial charge in [-0.15, -0.1) is 0 Å². The monoisotopic (exact) mass is 357 g/mol. The van der Waals surface area contributed by atoms with Crippen LogP contribution in [0.1, 0.15) is 19.4 Å². The molecule has 0 bridgehead atoms. The van der Waals surface area contributed by atoms with Crippen LogP contribution in [-0.4, -0.2) is 53.0 Å². The first-order valence-electron chi connectivity index (χ1n) is 7.73. The van der Waals surface area contributed by atoms with Gasteiger partial charge in [-0.1, -0.05) is 6.07 Å². The Morgan fingerprint density at radius 3 is 2.12 bits per heavy atom. The maximum absolute atomic E-state index is 9.85. The molecule has 25 heavy (non-hydrogen) atoms. The van der Waals surface area contributed by atoms with Crippen LogP contribution in [0.5, 0.6) is 11.5 Å². The maximum atomic E-state index is 9.85. The number of likely N-dealkylation sites (N-methyl/N-ethyl adjacent to an activating group) is 1. The highest BCUT2D eigenvalue weighted by atomic mass is 17.2. The van der Waals surface area contributed by atoms with E-state index in [1.54, 1.807) is 14.2 Å². The fourth-order valence-corrected chi connectivity index (χ4v) is 1.61. The minimum atomic E-state index is -0.639. The van der Waals surface area contributed by atoms with Gasteiger partial charge in [-0.3, -0.25) is 0 Å². The Balaban J connectivity index is 0.000000609. The Bertz CT molecular complexity index is 506. The molecule has 0 aliphatic rings. The lowest BCUT2D eigenvalue weighted by Crippen LogP contribution is -2.10. The third-order valence-electron chi connectivity index (χ3n) is 2.71. The Kier molecular flexibility index (Phi) is 12.8. The highest BCUT2D eigenvalue weighted by Gasteiger charge is 2.05. The molecule has 142 valence electrons. The topological polar surface area (TPSA) is 92.3 Å². The second-order valence-electron chi connectivity index (χ2n) is 4.83. The number of rotatable bonds is 8. The average molecular weight is 357 g/mol. The van der Waals surface area contributed by atoms with Gasteiger partial charge in [0.1, 0.15) is 6.61 Å². The average Bonchev–Trinajstić information content (AvgIpc) is 2.59. The van der Waals surface area contributed by atoms with Crippen molar-refractivity contribution in [3.8, 4) is 11.5 Å². The van der Waals surface area contributed by atoms with Gasteiger partial charge in [0.15, 0.2) is 11.5 Å². The van der Waals surface area contributed by atoms with E-state index in [0.29, 0.717) is 13.2 Å². The van der Waals surface area contributed by atoms with E-state index in [1.165, 1.54) is 5.56 Å². The third-order valence-corrected chi connectivity index (χ3v) is 2.71. The lowest BCUT2D eigenvalue weighted by Gasteiger charge is -2.11. The molecule has 0 amide bonds. The van der Waals surface area contributed by atoms with Crippen LogP contribution in [0.3, 0.4) is 0 Å². The Morgan fingerprint density at radius 2 is 1.64 bits per heavy atom. The summed E-state index contributed by atoms with van der Waals surface area (Å²) in [4.78, 5) is 27.3. The van der Waals surface area contributed by atoms with E-state index in [-0.39, 0.29) is 0 Å². The maximum Gasteiger partial charge on any atom is 0.352 e. The predicted octanol–water partition coefficient (Wildman–Crippen LogP) is 1.51. The largest absolute Gasteiger partial charge is 0.493 e.